The molecule has 1 aromatic carbocycles. The van der Waals surface area contributed by atoms with Crippen LogP contribution in [-0.2, 0) is 15.0 Å². The van der Waals surface area contributed by atoms with Crippen molar-refractivity contribution in [2.45, 2.75) is 44.9 Å². The van der Waals surface area contributed by atoms with Gasteiger partial charge in [0.2, 0.25) is 11.8 Å². The Balaban J connectivity index is 1.79. The van der Waals surface area contributed by atoms with Crippen molar-refractivity contribution in [3.8, 4) is 0 Å². The van der Waals surface area contributed by atoms with Gasteiger partial charge in [-0.25, -0.2) is 4.39 Å². The van der Waals surface area contributed by atoms with Crippen molar-refractivity contribution in [2.75, 3.05) is 18.4 Å². The van der Waals surface area contributed by atoms with Crippen LogP contribution in [0.2, 0.25) is 0 Å². The van der Waals surface area contributed by atoms with Crippen molar-refractivity contribution in [3.63, 3.8) is 0 Å². The van der Waals surface area contributed by atoms with E-state index in [-0.39, 0.29) is 23.5 Å². The molecular weight excluding hydrogens is 347 g/mol. The van der Waals surface area contributed by atoms with E-state index >= 15 is 0 Å². The third-order valence-corrected chi connectivity index (χ3v) is 5.18. The first kappa shape index (κ1) is 19.1. The molecule has 7 heteroatoms. The number of aromatic nitrogens is 2. The molecule has 1 fully saturated rings. The highest BCUT2D eigenvalue weighted by atomic mass is 19.1. The summed E-state index contributed by atoms with van der Waals surface area (Å²) in [5.41, 5.74) is 1.34. The van der Waals surface area contributed by atoms with Gasteiger partial charge in [0.25, 0.3) is 0 Å². The Kier molecular flexibility index (Phi) is 5.30. The van der Waals surface area contributed by atoms with Crippen LogP contribution in [-0.4, -0.2) is 40.0 Å². The SMILES string of the molecule is CC(=O)Nc1cn[nH]c1[C@@H]1CCCN(C(=O)C(C)(C)c2cccc(F)c2)C1. The first-order valence-corrected chi connectivity index (χ1v) is 9.15. The summed E-state index contributed by atoms with van der Waals surface area (Å²) in [7, 11) is 0. The minimum absolute atomic E-state index is 0.0293. The Morgan fingerprint density at radius 2 is 2.15 bits per heavy atom. The number of amides is 2. The predicted octanol–water partition coefficient (Wildman–Crippen LogP) is 3.19. The van der Waals surface area contributed by atoms with Crippen LogP contribution < -0.4 is 5.32 Å². The number of hydrogen-bond donors (Lipinski definition) is 2. The fraction of sp³-hybridized carbons (Fsp3) is 0.450. The van der Waals surface area contributed by atoms with Gasteiger partial charge in [-0.3, -0.25) is 14.7 Å². The molecule has 2 amide bonds. The van der Waals surface area contributed by atoms with Gasteiger partial charge in [-0.2, -0.15) is 5.10 Å². The summed E-state index contributed by atoms with van der Waals surface area (Å²) < 4.78 is 13.6. The second-order valence-corrected chi connectivity index (χ2v) is 7.60. The highest BCUT2D eigenvalue weighted by Gasteiger charge is 2.37. The number of nitrogens with one attached hydrogen (secondary N) is 2. The van der Waals surface area contributed by atoms with Gasteiger partial charge in [-0.15, -0.1) is 0 Å². The number of carbonyl (C=O) groups excluding carboxylic acids is 2. The van der Waals surface area contributed by atoms with E-state index in [0.29, 0.717) is 24.3 Å². The maximum Gasteiger partial charge on any atom is 0.232 e. The van der Waals surface area contributed by atoms with Crippen molar-refractivity contribution in [2.24, 2.45) is 0 Å². The lowest BCUT2D eigenvalue weighted by Gasteiger charge is -2.37. The number of halogens is 1. The lowest BCUT2D eigenvalue weighted by Crippen LogP contribution is -2.47. The molecule has 0 saturated carbocycles. The molecule has 0 unspecified atom stereocenters. The molecule has 144 valence electrons. The molecule has 1 saturated heterocycles. The molecule has 3 rings (SSSR count). The second-order valence-electron chi connectivity index (χ2n) is 7.60. The van der Waals surface area contributed by atoms with Crippen molar-refractivity contribution in [3.05, 3.63) is 47.5 Å². The summed E-state index contributed by atoms with van der Waals surface area (Å²) >= 11 is 0. The van der Waals surface area contributed by atoms with Crippen molar-refractivity contribution in [1.29, 1.82) is 0 Å². The molecule has 6 nitrogen and oxygen atoms in total. The van der Waals surface area contributed by atoms with Gasteiger partial charge >= 0.3 is 0 Å². The lowest BCUT2D eigenvalue weighted by atomic mass is 9.82. The van der Waals surface area contributed by atoms with Gasteiger partial charge < -0.3 is 10.2 Å². The van der Waals surface area contributed by atoms with Crippen LogP contribution in [0.1, 0.15) is 50.8 Å². The van der Waals surface area contributed by atoms with E-state index in [2.05, 4.69) is 15.5 Å². The summed E-state index contributed by atoms with van der Waals surface area (Å²) in [5.74, 6) is -0.468. The maximum absolute atomic E-state index is 13.6. The summed E-state index contributed by atoms with van der Waals surface area (Å²) in [5, 5.41) is 9.79. The number of aromatic amines is 1. The van der Waals surface area contributed by atoms with E-state index in [1.807, 2.05) is 18.7 Å². The Morgan fingerprint density at radius 3 is 2.85 bits per heavy atom. The molecule has 27 heavy (non-hydrogen) atoms. The Bertz CT molecular complexity index is 846. The van der Waals surface area contributed by atoms with Gasteiger partial charge in [0, 0.05) is 25.9 Å². The molecule has 1 aliphatic heterocycles. The van der Waals surface area contributed by atoms with E-state index in [0.717, 1.165) is 18.5 Å². The highest BCUT2D eigenvalue weighted by molar-refractivity contribution is 5.89. The number of benzene rings is 1. The number of rotatable bonds is 4. The molecule has 1 aromatic heterocycles. The third-order valence-electron chi connectivity index (χ3n) is 5.18. The fourth-order valence-corrected chi connectivity index (χ4v) is 3.69. The van der Waals surface area contributed by atoms with E-state index < -0.39 is 5.41 Å². The zero-order valence-electron chi connectivity index (χ0n) is 15.9. The number of nitrogens with zero attached hydrogens (tertiary/aromatic N) is 2. The summed E-state index contributed by atoms with van der Waals surface area (Å²) in [4.78, 5) is 26.4. The molecule has 0 spiro atoms. The van der Waals surface area contributed by atoms with Gasteiger partial charge in [0.05, 0.1) is 23.0 Å². The number of piperidine rings is 1. The average molecular weight is 372 g/mol. The quantitative estimate of drug-likeness (QED) is 0.865. The van der Waals surface area contributed by atoms with E-state index in [4.69, 9.17) is 0 Å². The van der Waals surface area contributed by atoms with Gasteiger partial charge in [-0.05, 0) is 44.4 Å². The predicted molar refractivity (Wildman–Crippen MR) is 101 cm³/mol. The highest BCUT2D eigenvalue weighted by Crippen LogP contribution is 2.33. The van der Waals surface area contributed by atoms with E-state index in [9.17, 15) is 14.0 Å². The van der Waals surface area contributed by atoms with Crippen LogP contribution in [0.3, 0.4) is 0 Å². The smallest absolute Gasteiger partial charge is 0.232 e. The van der Waals surface area contributed by atoms with Gasteiger partial charge in [-0.1, -0.05) is 12.1 Å². The van der Waals surface area contributed by atoms with E-state index in [1.165, 1.54) is 19.1 Å². The largest absolute Gasteiger partial charge is 0.341 e. The zero-order valence-corrected chi connectivity index (χ0v) is 15.9. The normalized spacial score (nSPS) is 17.6. The van der Waals surface area contributed by atoms with Gasteiger partial charge in [0.1, 0.15) is 5.82 Å². The van der Waals surface area contributed by atoms with Crippen LogP contribution >= 0.6 is 0 Å². The molecular formula is C20H25FN4O2. The summed E-state index contributed by atoms with van der Waals surface area (Å²) in [6, 6.07) is 6.21. The Hall–Kier alpha value is -2.70. The minimum Gasteiger partial charge on any atom is -0.341 e. The van der Waals surface area contributed by atoms with Crippen LogP contribution in [0.4, 0.5) is 10.1 Å². The van der Waals surface area contributed by atoms with E-state index in [1.54, 1.807) is 18.3 Å². The average Bonchev–Trinajstić information content (AvgIpc) is 3.08. The van der Waals surface area contributed by atoms with Crippen molar-refractivity contribution < 1.29 is 14.0 Å². The van der Waals surface area contributed by atoms with Crippen LogP contribution in [0.25, 0.3) is 0 Å². The van der Waals surface area contributed by atoms with Crippen molar-refractivity contribution in [1.82, 2.24) is 15.1 Å². The molecule has 0 radical (unpaired) electrons. The van der Waals surface area contributed by atoms with Crippen LogP contribution in [0.15, 0.2) is 30.5 Å². The zero-order chi connectivity index (χ0) is 19.6. The summed E-state index contributed by atoms with van der Waals surface area (Å²) in [6.45, 7) is 6.30. The first-order valence-electron chi connectivity index (χ1n) is 9.15. The monoisotopic (exact) mass is 372 g/mol. The standard InChI is InChI=1S/C20H25FN4O2/c1-13(26)23-17-11-22-24-18(17)14-6-5-9-25(12-14)19(27)20(2,3)15-7-4-8-16(21)10-15/h4,7-8,10-11,14H,5-6,9,12H2,1-3H3,(H,22,24)(H,23,26)/t14-/m1/s1. The third kappa shape index (κ3) is 4.02. The molecule has 2 heterocycles. The molecule has 2 N–H and O–H groups in total. The second kappa shape index (κ2) is 7.50. The number of hydrogen-bond acceptors (Lipinski definition) is 3. The Labute approximate surface area is 158 Å². The number of H-pyrrole nitrogens is 1. The lowest BCUT2D eigenvalue weighted by molar-refractivity contribution is -0.137. The van der Waals surface area contributed by atoms with Gasteiger partial charge in [0.15, 0.2) is 0 Å². The number of carbonyl (C=O) groups is 2. The first-order chi connectivity index (χ1) is 12.8. The Morgan fingerprint density at radius 1 is 1.37 bits per heavy atom. The number of anilines is 1. The maximum atomic E-state index is 13.6. The van der Waals surface area contributed by atoms with Crippen molar-refractivity contribution >= 4 is 17.5 Å². The molecule has 1 atom stereocenters. The fourth-order valence-electron chi connectivity index (χ4n) is 3.69. The molecule has 2 aromatic rings. The molecule has 1 aliphatic rings. The number of likely N-dealkylation sites (tertiary alicyclic amines) is 1. The van der Waals surface area contributed by atoms with Crippen LogP contribution in [0, 0.1) is 5.82 Å². The summed E-state index contributed by atoms with van der Waals surface area (Å²) in [6.07, 6.45) is 3.35. The van der Waals surface area contributed by atoms with Crippen LogP contribution in [0.5, 0.6) is 0 Å². The molecule has 0 bridgehead atoms. The topological polar surface area (TPSA) is 78.1 Å². The molecule has 0 aliphatic carbocycles. The minimum atomic E-state index is -0.821.